The molecule has 0 heterocycles. The Bertz CT molecular complexity index is 864. The van der Waals surface area contributed by atoms with Crippen molar-refractivity contribution in [3.63, 3.8) is 0 Å². The van der Waals surface area contributed by atoms with Gasteiger partial charge < -0.3 is 15.4 Å². The van der Waals surface area contributed by atoms with Crippen molar-refractivity contribution in [3.05, 3.63) is 59.7 Å². The third kappa shape index (κ3) is 4.29. The van der Waals surface area contributed by atoms with E-state index >= 15 is 0 Å². The van der Waals surface area contributed by atoms with Crippen LogP contribution in [0.1, 0.15) is 60.9 Å². The molecule has 2 fully saturated rings. The molecule has 0 saturated heterocycles. The van der Waals surface area contributed by atoms with E-state index in [0.29, 0.717) is 17.4 Å². The fourth-order valence-corrected chi connectivity index (χ4v) is 4.16. The molecule has 0 radical (unpaired) electrons. The zero-order chi connectivity index (χ0) is 20.3. The van der Waals surface area contributed by atoms with Crippen molar-refractivity contribution in [2.45, 2.75) is 56.4 Å². The van der Waals surface area contributed by atoms with Crippen molar-refractivity contribution < 1.29 is 14.3 Å². The van der Waals surface area contributed by atoms with Crippen LogP contribution >= 0.6 is 0 Å². The van der Waals surface area contributed by atoms with Crippen LogP contribution in [0, 0.1) is 0 Å². The molecule has 2 aromatic rings. The van der Waals surface area contributed by atoms with Crippen molar-refractivity contribution in [2.75, 3.05) is 12.4 Å². The highest BCUT2D eigenvalue weighted by Gasteiger charge is 2.51. The largest absolute Gasteiger partial charge is 0.497 e. The Morgan fingerprint density at radius 3 is 2.17 bits per heavy atom. The summed E-state index contributed by atoms with van der Waals surface area (Å²) in [7, 11) is 1.60. The Balaban J connectivity index is 1.39. The predicted octanol–water partition coefficient (Wildman–Crippen LogP) is 4.43. The SMILES string of the molecule is COc1ccc(C(=O)Nc2ccc(C3(C(=O)NC4CCCCC4)CC3)cc2)cc1. The molecule has 2 aliphatic rings. The molecule has 2 aliphatic carbocycles. The van der Waals surface area contributed by atoms with Gasteiger partial charge in [0.1, 0.15) is 5.75 Å². The van der Waals surface area contributed by atoms with E-state index in [0.717, 1.165) is 36.9 Å². The first kappa shape index (κ1) is 19.5. The maximum absolute atomic E-state index is 12.9. The van der Waals surface area contributed by atoms with Crippen molar-refractivity contribution in [3.8, 4) is 5.75 Å². The second-order valence-corrected chi connectivity index (χ2v) is 8.15. The van der Waals surface area contributed by atoms with Crippen molar-refractivity contribution in [1.82, 2.24) is 5.32 Å². The number of carbonyl (C=O) groups is 2. The van der Waals surface area contributed by atoms with Gasteiger partial charge in [-0.05, 0) is 67.6 Å². The lowest BCUT2D eigenvalue weighted by Gasteiger charge is -2.25. The van der Waals surface area contributed by atoms with E-state index in [1.165, 1.54) is 19.3 Å². The quantitative estimate of drug-likeness (QED) is 0.764. The summed E-state index contributed by atoms with van der Waals surface area (Å²) >= 11 is 0. The highest BCUT2D eigenvalue weighted by molar-refractivity contribution is 6.04. The number of ether oxygens (including phenoxy) is 1. The Morgan fingerprint density at radius 1 is 0.931 bits per heavy atom. The highest BCUT2D eigenvalue weighted by atomic mass is 16.5. The molecule has 2 amide bonds. The van der Waals surface area contributed by atoms with Crippen LogP contribution in [0.4, 0.5) is 5.69 Å². The van der Waals surface area contributed by atoms with Gasteiger partial charge in [0.25, 0.3) is 5.91 Å². The summed E-state index contributed by atoms with van der Waals surface area (Å²) in [6, 6.07) is 15.0. The van der Waals surface area contributed by atoms with Crippen LogP contribution in [-0.2, 0) is 10.2 Å². The smallest absolute Gasteiger partial charge is 0.255 e. The van der Waals surface area contributed by atoms with E-state index < -0.39 is 0 Å². The lowest BCUT2D eigenvalue weighted by molar-refractivity contribution is -0.124. The van der Waals surface area contributed by atoms with E-state index in [2.05, 4.69) is 10.6 Å². The first-order valence-electron chi connectivity index (χ1n) is 10.5. The molecule has 2 N–H and O–H groups in total. The molecule has 0 atom stereocenters. The fourth-order valence-electron chi connectivity index (χ4n) is 4.16. The van der Waals surface area contributed by atoms with Crippen LogP contribution in [0.5, 0.6) is 5.75 Å². The van der Waals surface area contributed by atoms with Crippen molar-refractivity contribution in [2.24, 2.45) is 0 Å². The summed E-state index contributed by atoms with van der Waals surface area (Å²) in [5.41, 5.74) is 1.95. The first-order chi connectivity index (χ1) is 14.1. The minimum absolute atomic E-state index is 0.166. The van der Waals surface area contributed by atoms with Crippen LogP contribution in [0.25, 0.3) is 0 Å². The summed E-state index contributed by atoms with van der Waals surface area (Å²) in [4.78, 5) is 25.3. The summed E-state index contributed by atoms with van der Waals surface area (Å²) in [5.74, 6) is 0.711. The lowest BCUT2D eigenvalue weighted by atomic mass is 9.91. The van der Waals surface area contributed by atoms with Crippen molar-refractivity contribution in [1.29, 1.82) is 0 Å². The third-order valence-corrected chi connectivity index (χ3v) is 6.17. The predicted molar refractivity (Wildman–Crippen MR) is 113 cm³/mol. The van der Waals surface area contributed by atoms with Gasteiger partial charge in [-0.3, -0.25) is 9.59 Å². The van der Waals surface area contributed by atoms with Gasteiger partial charge in [0.05, 0.1) is 12.5 Å². The number of anilines is 1. The Labute approximate surface area is 171 Å². The van der Waals surface area contributed by atoms with Crippen LogP contribution in [-0.4, -0.2) is 25.0 Å². The number of carbonyl (C=O) groups excluding carboxylic acids is 2. The number of rotatable bonds is 6. The monoisotopic (exact) mass is 392 g/mol. The third-order valence-electron chi connectivity index (χ3n) is 6.17. The average molecular weight is 392 g/mol. The molecule has 2 saturated carbocycles. The number of nitrogens with one attached hydrogen (secondary N) is 2. The lowest BCUT2D eigenvalue weighted by Crippen LogP contribution is -2.42. The standard InChI is InChI=1S/C24H28N2O3/c1-29-21-13-7-17(8-14-21)22(27)25-20-11-9-18(10-12-20)24(15-16-24)23(28)26-19-5-3-2-4-6-19/h7-14,19H,2-6,15-16H2,1H3,(H,25,27)(H,26,28). The molecular formula is C24H28N2O3. The van der Waals surface area contributed by atoms with Gasteiger partial charge in [-0.2, -0.15) is 0 Å². The zero-order valence-corrected chi connectivity index (χ0v) is 16.9. The van der Waals surface area contributed by atoms with E-state index in [1.807, 2.05) is 24.3 Å². The van der Waals surface area contributed by atoms with E-state index in [9.17, 15) is 9.59 Å². The molecule has 2 aromatic carbocycles. The Morgan fingerprint density at radius 2 is 1.59 bits per heavy atom. The number of hydrogen-bond acceptors (Lipinski definition) is 3. The van der Waals surface area contributed by atoms with Crippen molar-refractivity contribution >= 4 is 17.5 Å². The summed E-state index contributed by atoms with van der Waals surface area (Å²) < 4.78 is 5.12. The van der Waals surface area contributed by atoms with E-state index in [4.69, 9.17) is 4.74 Å². The van der Waals surface area contributed by atoms with Gasteiger partial charge in [0.15, 0.2) is 0 Å². The van der Waals surface area contributed by atoms with Gasteiger partial charge in [-0.15, -0.1) is 0 Å². The van der Waals surface area contributed by atoms with Gasteiger partial charge in [-0.25, -0.2) is 0 Å². The first-order valence-corrected chi connectivity index (χ1v) is 10.5. The van der Waals surface area contributed by atoms with Crippen LogP contribution < -0.4 is 15.4 Å². The second kappa shape index (κ2) is 8.27. The molecule has 152 valence electrons. The number of amides is 2. The Hall–Kier alpha value is -2.82. The zero-order valence-electron chi connectivity index (χ0n) is 16.9. The molecule has 29 heavy (non-hydrogen) atoms. The number of hydrogen-bond donors (Lipinski definition) is 2. The van der Waals surface area contributed by atoms with Gasteiger partial charge in [0.2, 0.25) is 5.91 Å². The summed E-state index contributed by atoms with van der Waals surface area (Å²) in [6.07, 6.45) is 7.67. The molecule has 4 rings (SSSR count). The average Bonchev–Trinajstić information content (AvgIpc) is 3.57. The van der Waals surface area contributed by atoms with Crippen LogP contribution in [0.15, 0.2) is 48.5 Å². The van der Waals surface area contributed by atoms with Crippen LogP contribution in [0.3, 0.4) is 0 Å². The molecule has 0 unspecified atom stereocenters. The number of benzene rings is 2. The molecule has 0 aliphatic heterocycles. The molecule has 0 spiro atoms. The minimum Gasteiger partial charge on any atom is -0.497 e. The normalized spacial score (nSPS) is 18.0. The molecule has 5 nitrogen and oxygen atoms in total. The maximum atomic E-state index is 12.9. The topological polar surface area (TPSA) is 67.4 Å². The van der Waals surface area contributed by atoms with Gasteiger partial charge >= 0.3 is 0 Å². The van der Waals surface area contributed by atoms with Crippen LogP contribution in [0.2, 0.25) is 0 Å². The van der Waals surface area contributed by atoms with E-state index in [-0.39, 0.29) is 17.2 Å². The highest BCUT2D eigenvalue weighted by Crippen LogP contribution is 2.48. The molecule has 5 heteroatoms. The van der Waals surface area contributed by atoms with E-state index in [1.54, 1.807) is 31.4 Å². The molecular weight excluding hydrogens is 364 g/mol. The van der Waals surface area contributed by atoms with Gasteiger partial charge in [0, 0.05) is 17.3 Å². The number of methoxy groups -OCH3 is 1. The maximum Gasteiger partial charge on any atom is 0.255 e. The van der Waals surface area contributed by atoms with Gasteiger partial charge in [-0.1, -0.05) is 31.4 Å². The fraction of sp³-hybridized carbons (Fsp3) is 0.417. The summed E-state index contributed by atoms with van der Waals surface area (Å²) in [6.45, 7) is 0. The second-order valence-electron chi connectivity index (χ2n) is 8.15. The summed E-state index contributed by atoms with van der Waals surface area (Å²) in [5, 5.41) is 6.19. The molecule has 0 bridgehead atoms. The minimum atomic E-state index is -0.379. The molecule has 0 aromatic heterocycles. The Kier molecular flexibility index (Phi) is 5.56.